The van der Waals surface area contributed by atoms with Crippen molar-refractivity contribution in [2.24, 2.45) is 5.92 Å². The fourth-order valence-electron chi connectivity index (χ4n) is 3.11. The lowest BCUT2D eigenvalue weighted by Gasteiger charge is -2.27. The topological polar surface area (TPSA) is 65.7 Å². The van der Waals surface area contributed by atoms with E-state index in [-0.39, 0.29) is 12.1 Å². The molecule has 0 bridgehead atoms. The summed E-state index contributed by atoms with van der Waals surface area (Å²) in [7, 11) is 0. The van der Waals surface area contributed by atoms with Crippen molar-refractivity contribution in [3.63, 3.8) is 0 Å². The van der Waals surface area contributed by atoms with Crippen LogP contribution in [0.25, 0.3) is 0 Å². The summed E-state index contributed by atoms with van der Waals surface area (Å²) in [6, 6.07) is 3.63. The van der Waals surface area contributed by atoms with E-state index in [0.717, 1.165) is 38.8 Å². The van der Waals surface area contributed by atoms with Crippen molar-refractivity contribution < 1.29 is 14.3 Å². The van der Waals surface area contributed by atoms with E-state index in [1.54, 1.807) is 18.4 Å². The number of aliphatic hydroxyl groups is 1. The minimum absolute atomic E-state index is 0.000967. The van der Waals surface area contributed by atoms with Gasteiger partial charge in [-0.2, -0.15) is 0 Å². The van der Waals surface area contributed by atoms with Crippen LogP contribution in [0.5, 0.6) is 0 Å². The van der Waals surface area contributed by atoms with E-state index in [0.29, 0.717) is 18.1 Å². The average molecular weight is 308 g/mol. The van der Waals surface area contributed by atoms with Crippen LogP contribution in [0.2, 0.25) is 0 Å². The number of carbonyl (C=O) groups excluding carboxylic acids is 1. The van der Waals surface area contributed by atoms with Gasteiger partial charge in [0.15, 0.2) is 0 Å². The Morgan fingerprint density at radius 2 is 2.27 bits per heavy atom. The Bertz CT molecular complexity index is 443. The van der Waals surface area contributed by atoms with Gasteiger partial charge in [-0.1, -0.05) is 26.7 Å². The van der Waals surface area contributed by atoms with Gasteiger partial charge >= 0.3 is 6.03 Å². The van der Waals surface area contributed by atoms with Gasteiger partial charge in [-0.3, -0.25) is 0 Å². The fraction of sp³-hybridized carbons (Fsp3) is 0.706. The van der Waals surface area contributed by atoms with E-state index < -0.39 is 6.10 Å². The van der Waals surface area contributed by atoms with E-state index in [2.05, 4.69) is 19.2 Å². The molecule has 1 aliphatic rings. The second-order valence-electron chi connectivity index (χ2n) is 6.12. The van der Waals surface area contributed by atoms with Gasteiger partial charge < -0.3 is 19.7 Å². The second kappa shape index (κ2) is 8.22. The molecular weight excluding hydrogens is 280 g/mol. The first-order valence-corrected chi connectivity index (χ1v) is 8.41. The number of furan rings is 1. The highest BCUT2D eigenvalue weighted by Gasteiger charge is 2.31. The summed E-state index contributed by atoms with van der Waals surface area (Å²) in [5.74, 6) is 1.11. The van der Waals surface area contributed by atoms with E-state index >= 15 is 0 Å². The maximum Gasteiger partial charge on any atom is 0.317 e. The molecule has 2 unspecified atom stereocenters. The normalized spacial score (nSPS) is 19.6. The molecule has 1 aromatic heterocycles. The molecule has 5 heteroatoms. The highest BCUT2D eigenvalue weighted by Crippen LogP contribution is 2.27. The van der Waals surface area contributed by atoms with E-state index in [1.807, 2.05) is 4.90 Å². The van der Waals surface area contributed by atoms with Crippen LogP contribution in [0.3, 0.4) is 0 Å². The molecule has 0 radical (unpaired) electrons. The largest absolute Gasteiger partial charge is 0.467 e. The summed E-state index contributed by atoms with van der Waals surface area (Å²) >= 11 is 0. The third-order valence-corrected chi connectivity index (χ3v) is 4.70. The van der Waals surface area contributed by atoms with E-state index in [1.165, 1.54) is 0 Å². The van der Waals surface area contributed by atoms with Crippen molar-refractivity contribution in [1.82, 2.24) is 10.2 Å². The molecule has 1 saturated heterocycles. The predicted octanol–water partition coefficient (Wildman–Crippen LogP) is 3.31. The van der Waals surface area contributed by atoms with Crippen molar-refractivity contribution in [1.29, 1.82) is 0 Å². The van der Waals surface area contributed by atoms with Crippen LogP contribution in [0.15, 0.2) is 22.8 Å². The first kappa shape index (κ1) is 16.9. The van der Waals surface area contributed by atoms with Gasteiger partial charge in [0.25, 0.3) is 0 Å². The zero-order chi connectivity index (χ0) is 15.9. The number of rotatable bonds is 7. The number of carbonyl (C=O) groups is 1. The van der Waals surface area contributed by atoms with Crippen LogP contribution in [-0.2, 0) is 0 Å². The van der Waals surface area contributed by atoms with Crippen molar-refractivity contribution in [3.8, 4) is 0 Å². The highest BCUT2D eigenvalue weighted by atomic mass is 16.4. The standard InChI is InChI=1S/C17H28N2O3/c1-3-13(4-2)12-18-17(21)19-9-5-7-14(19)11-15(20)16-8-6-10-22-16/h6,8,10,13-15,20H,3-5,7,9,11-12H2,1-2H3,(H,18,21). The Morgan fingerprint density at radius 3 is 2.91 bits per heavy atom. The van der Waals surface area contributed by atoms with Crippen molar-refractivity contribution in [2.75, 3.05) is 13.1 Å². The van der Waals surface area contributed by atoms with Gasteiger partial charge in [0.05, 0.1) is 6.26 Å². The molecule has 2 atom stereocenters. The average Bonchev–Trinajstić information content (AvgIpc) is 3.19. The fourth-order valence-corrected chi connectivity index (χ4v) is 3.11. The number of amides is 2. The lowest BCUT2D eigenvalue weighted by atomic mass is 10.0. The van der Waals surface area contributed by atoms with E-state index in [9.17, 15) is 9.90 Å². The molecule has 1 aromatic rings. The predicted molar refractivity (Wildman–Crippen MR) is 85.5 cm³/mol. The SMILES string of the molecule is CCC(CC)CNC(=O)N1CCCC1CC(O)c1ccco1. The van der Waals surface area contributed by atoms with Crippen LogP contribution in [-0.4, -0.2) is 35.2 Å². The molecule has 2 rings (SSSR count). The highest BCUT2D eigenvalue weighted by molar-refractivity contribution is 5.74. The molecule has 2 amide bonds. The zero-order valence-corrected chi connectivity index (χ0v) is 13.6. The molecule has 0 aliphatic carbocycles. The third kappa shape index (κ3) is 4.26. The van der Waals surface area contributed by atoms with Gasteiger partial charge in [-0.05, 0) is 30.9 Å². The smallest absolute Gasteiger partial charge is 0.317 e. The Balaban J connectivity index is 1.85. The quantitative estimate of drug-likeness (QED) is 0.812. The Labute approximate surface area is 132 Å². The van der Waals surface area contributed by atoms with Gasteiger partial charge in [-0.25, -0.2) is 4.79 Å². The van der Waals surface area contributed by atoms with Crippen LogP contribution in [0.1, 0.15) is 57.8 Å². The summed E-state index contributed by atoms with van der Waals surface area (Å²) in [6.07, 6.45) is 5.55. The zero-order valence-electron chi connectivity index (χ0n) is 13.6. The number of nitrogens with zero attached hydrogens (tertiary/aromatic N) is 1. The molecule has 1 fully saturated rings. The summed E-state index contributed by atoms with van der Waals surface area (Å²) < 4.78 is 5.24. The second-order valence-corrected chi connectivity index (χ2v) is 6.12. The Hall–Kier alpha value is -1.49. The monoisotopic (exact) mass is 308 g/mol. The van der Waals surface area contributed by atoms with Gasteiger partial charge in [0.1, 0.15) is 11.9 Å². The molecule has 2 N–H and O–H groups in total. The first-order valence-electron chi connectivity index (χ1n) is 8.41. The molecule has 124 valence electrons. The molecule has 5 nitrogen and oxygen atoms in total. The summed E-state index contributed by atoms with van der Waals surface area (Å²) in [5, 5.41) is 13.3. The molecular formula is C17H28N2O3. The number of urea groups is 1. The summed E-state index contributed by atoms with van der Waals surface area (Å²) in [6.45, 7) is 5.80. The summed E-state index contributed by atoms with van der Waals surface area (Å²) in [4.78, 5) is 14.2. The molecule has 0 aromatic carbocycles. The number of aliphatic hydroxyl groups excluding tert-OH is 1. The molecule has 0 saturated carbocycles. The van der Waals surface area contributed by atoms with Gasteiger partial charge in [0.2, 0.25) is 0 Å². The molecule has 22 heavy (non-hydrogen) atoms. The maximum absolute atomic E-state index is 12.4. The van der Waals surface area contributed by atoms with Crippen molar-refractivity contribution in [2.45, 2.75) is 58.1 Å². The van der Waals surface area contributed by atoms with Gasteiger partial charge in [-0.15, -0.1) is 0 Å². The minimum atomic E-state index is -0.646. The number of hydrogen-bond acceptors (Lipinski definition) is 3. The first-order chi connectivity index (χ1) is 10.7. The Kier molecular flexibility index (Phi) is 6.31. The van der Waals surface area contributed by atoms with E-state index in [4.69, 9.17) is 4.42 Å². The molecule has 2 heterocycles. The lowest BCUT2D eigenvalue weighted by molar-refractivity contribution is 0.107. The minimum Gasteiger partial charge on any atom is -0.467 e. The molecule has 0 spiro atoms. The number of nitrogens with one attached hydrogen (secondary N) is 1. The Morgan fingerprint density at radius 1 is 1.50 bits per heavy atom. The molecule has 1 aliphatic heterocycles. The van der Waals surface area contributed by atoms with Crippen LogP contribution in [0, 0.1) is 5.92 Å². The van der Waals surface area contributed by atoms with Crippen LogP contribution >= 0.6 is 0 Å². The number of likely N-dealkylation sites (tertiary alicyclic amines) is 1. The maximum atomic E-state index is 12.4. The van der Waals surface area contributed by atoms with Crippen LogP contribution in [0.4, 0.5) is 4.79 Å². The van der Waals surface area contributed by atoms with Crippen molar-refractivity contribution in [3.05, 3.63) is 24.2 Å². The van der Waals surface area contributed by atoms with Gasteiger partial charge in [0, 0.05) is 25.6 Å². The third-order valence-electron chi connectivity index (χ3n) is 4.70. The summed E-state index contributed by atoms with van der Waals surface area (Å²) in [5.41, 5.74) is 0. The number of hydrogen-bond donors (Lipinski definition) is 2. The lowest BCUT2D eigenvalue weighted by Crippen LogP contribution is -2.44. The van der Waals surface area contributed by atoms with Crippen LogP contribution < -0.4 is 5.32 Å². The van der Waals surface area contributed by atoms with Crippen molar-refractivity contribution >= 4 is 6.03 Å².